The van der Waals surface area contributed by atoms with Crippen LogP contribution in [-0.4, -0.2) is 20.5 Å². The van der Waals surface area contributed by atoms with Gasteiger partial charge in [-0.15, -0.1) is 29.1 Å². The molecule has 1 aliphatic rings. The standard InChI is InChI=1S/C47H45N5O.Pt/c1-45(2,3)31-14-16-34(17-15-31)50-30-51(41-13-11-10-12-40(41)50)35-24-33(47(7,8)9)25-37(27-35)53-36-18-19-38-39-21-22-48-29-43(39)52(42(38)28-36)44-26-32(20-23-49-44)46(4,5)6;/h10-26,29H,1-9H3;/q;+2/i1D3,2D3,3D3,14D,15D,16D,17D;. The molecule has 8 rings (SSSR count). The van der Waals surface area contributed by atoms with E-state index in [1.165, 1.54) is 4.58 Å². The van der Waals surface area contributed by atoms with E-state index in [1.54, 1.807) is 47.4 Å². The van der Waals surface area contributed by atoms with Gasteiger partial charge in [0.1, 0.15) is 11.5 Å². The number of hydrogen-bond acceptors (Lipinski definition) is 3. The largest absolute Gasteiger partial charge is 2.00 e. The number of pyridine rings is 2. The van der Waals surface area contributed by atoms with Crippen molar-refractivity contribution in [2.45, 2.75) is 78.3 Å². The van der Waals surface area contributed by atoms with Gasteiger partial charge in [-0.3, -0.25) is 4.98 Å². The number of hydrogen-bond donors (Lipinski definition) is 0. The summed E-state index contributed by atoms with van der Waals surface area (Å²) in [5, 5.41) is 1.87. The summed E-state index contributed by atoms with van der Waals surface area (Å²) >= 11 is 0. The molecule has 0 unspecified atom stereocenters. The number of benzene rings is 4. The van der Waals surface area contributed by atoms with Gasteiger partial charge in [-0.05, 0) is 55.5 Å². The van der Waals surface area contributed by atoms with Crippen molar-refractivity contribution in [3.05, 3.63) is 138 Å². The number of aromatic nitrogens is 3. The summed E-state index contributed by atoms with van der Waals surface area (Å²) in [4.78, 5) is 9.17. The Labute approximate surface area is 351 Å². The molecule has 0 spiro atoms. The predicted molar refractivity (Wildman–Crippen MR) is 217 cm³/mol. The van der Waals surface area contributed by atoms with Crippen LogP contribution in [0.1, 0.15) is 96.6 Å². The molecule has 0 radical (unpaired) electrons. The molecular weight excluding hydrogens is 846 g/mol. The normalized spacial score (nSPS) is 17.3. The van der Waals surface area contributed by atoms with Crippen molar-refractivity contribution in [3.8, 4) is 17.3 Å². The van der Waals surface area contributed by atoms with E-state index in [-0.39, 0.29) is 26.5 Å². The third kappa shape index (κ3) is 6.86. The molecule has 0 saturated carbocycles. The van der Waals surface area contributed by atoms with E-state index < -0.39 is 66.8 Å². The molecule has 6 nitrogen and oxygen atoms in total. The molecule has 0 saturated heterocycles. The van der Waals surface area contributed by atoms with Gasteiger partial charge in [-0.2, -0.15) is 6.07 Å². The van der Waals surface area contributed by atoms with Gasteiger partial charge < -0.3 is 9.30 Å². The van der Waals surface area contributed by atoms with Gasteiger partial charge >= 0.3 is 27.1 Å². The Morgan fingerprint density at radius 2 is 1.44 bits per heavy atom. The minimum absolute atomic E-state index is 0. The van der Waals surface area contributed by atoms with Crippen LogP contribution in [0.3, 0.4) is 0 Å². The van der Waals surface area contributed by atoms with Gasteiger partial charge in [0.2, 0.25) is 5.69 Å². The van der Waals surface area contributed by atoms with Crippen molar-refractivity contribution in [2.24, 2.45) is 0 Å². The maximum atomic E-state index is 9.14. The quantitative estimate of drug-likeness (QED) is 0.128. The van der Waals surface area contributed by atoms with E-state index in [1.807, 2.05) is 61.7 Å². The van der Waals surface area contributed by atoms with Gasteiger partial charge in [0.05, 0.1) is 17.2 Å². The second-order valence-electron chi connectivity index (χ2n) is 15.2. The molecule has 4 aromatic carbocycles. The molecule has 7 aromatic rings. The third-order valence-electron chi connectivity index (χ3n) is 9.22. The fourth-order valence-corrected chi connectivity index (χ4v) is 6.34. The number of fused-ring (bicyclic) bond motifs is 4. The number of para-hydroxylation sites is 2. The van der Waals surface area contributed by atoms with E-state index >= 15 is 0 Å². The Bertz CT molecular complexity index is 3140. The van der Waals surface area contributed by atoms with Crippen LogP contribution < -0.4 is 13.9 Å². The Kier molecular flexibility index (Phi) is 6.12. The van der Waals surface area contributed by atoms with Gasteiger partial charge in [-0.1, -0.05) is 109 Å². The minimum atomic E-state index is -3.81. The van der Waals surface area contributed by atoms with Crippen molar-refractivity contribution < 1.29 is 43.6 Å². The molecule has 1 aliphatic heterocycles. The second kappa shape index (κ2) is 13.6. The summed E-state index contributed by atoms with van der Waals surface area (Å²) in [5.41, 5.74) is -1.29. The first-order chi connectivity index (χ1) is 30.6. The van der Waals surface area contributed by atoms with E-state index in [0.29, 0.717) is 39.9 Å². The first-order valence-corrected chi connectivity index (χ1v) is 17.2. The van der Waals surface area contributed by atoms with Crippen LogP contribution >= 0.6 is 0 Å². The van der Waals surface area contributed by atoms with Gasteiger partial charge in [0, 0.05) is 60.4 Å². The fourth-order valence-electron chi connectivity index (χ4n) is 6.34. The molecule has 0 amide bonds. The fraction of sp³-hybridized carbons (Fsp3) is 0.255. The molecule has 3 aromatic heterocycles. The van der Waals surface area contributed by atoms with E-state index in [2.05, 4.69) is 50.0 Å². The van der Waals surface area contributed by atoms with E-state index in [9.17, 15) is 0 Å². The molecular formula is C47H45N5OPt+2. The van der Waals surface area contributed by atoms with Crippen molar-refractivity contribution in [3.63, 3.8) is 0 Å². The van der Waals surface area contributed by atoms with E-state index in [0.717, 1.165) is 27.4 Å². The maximum Gasteiger partial charge on any atom is 2.00 e. The molecule has 0 N–H and O–H groups in total. The summed E-state index contributed by atoms with van der Waals surface area (Å²) in [6.07, 6.45) is 5.32. The van der Waals surface area contributed by atoms with Crippen molar-refractivity contribution >= 4 is 50.6 Å². The van der Waals surface area contributed by atoms with Crippen molar-refractivity contribution in [2.75, 3.05) is 0 Å². The smallest absolute Gasteiger partial charge is 0.509 e. The first-order valence-electron chi connectivity index (χ1n) is 23.7. The SMILES string of the molecule is [2H]c1c([2H])c(C(C([2H])([2H])[2H])(C([2H])([2H])[2H])C([2H])([2H])[2H])c([2H])c([2H])c1[N+]1=C=[N+](c2[c-]c(Oc3[c-]c4c(cc3)c3ccncc3n4-c3cc(C(C)(C)C)ccn3)cc(C(C)(C)C)c2)c2ccccc21.[Pt+2]. The van der Waals surface area contributed by atoms with Crippen LogP contribution in [-0.2, 0) is 37.3 Å². The Morgan fingerprint density at radius 1 is 0.722 bits per heavy atom. The Hall–Kier alpha value is -5.15. The zero-order chi connectivity index (χ0) is 48.3. The number of nitrogens with zero attached hydrogens (tertiary/aromatic N) is 5. The first kappa shape index (κ1) is 24.3. The average Bonchev–Trinajstić information content (AvgIpc) is 3.75. The molecule has 7 heteroatoms. The second-order valence-corrected chi connectivity index (χ2v) is 15.2. The number of rotatable bonds is 5. The molecule has 4 heterocycles. The van der Waals surface area contributed by atoms with Gasteiger partial charge in [0.15, 0.2) is 0 Å². The number of ether oxygens (including phenoxy) is 1. The van der Waals surface area contributed by atoms with E-state index in [4.69, 9.17) is 27.5 Å². The molecule has 0 fully saturated rings. The predicted octanol–water partition coefficient (Wildman–Crippen LogP) is 11.7. The van der Waals surface area contributed by atoms with Crippen LogP contribution in [0.25, 0.3) is 27.6 Å². The summed E-state index contributed by atoms with van der Waals surface area (Å²) in [5.74, 6) is 1.38. The van der Waals surface area contributed by atoms with Crippen LogP contribution in [0.5, 0.6) is 11.5 Å². The van der Waals surface area contributed by atoms with Gasteiger partial charge in [0.25, 0.3) is 11.4 Å². The summed E-state index contributed by atoms with van der Waals surface area (Å²) in [6, 6.07) is 26.3. The average molecular weight is 904 g/mol. The minimum Gasteiger partial charge on any atom is -0.509 e. The van der Waals surface area contributed by atoms with Crippen LogP contribution in [0, 0.1) is 12.1 Å². The Balaban J connectivity index is 0.00000666. The maximum absolute atomic E-state index is 9.14. The topological polar surface area (TPSA) is 46.0 Å². The van der Waals surface area contributed by atoms with Crippen LogP contribution in [0.2, 0.25) is 0 Å². The molecule has 54 heavy (non-hydrogen) atoms. The van der Waals surface area contributed by atoms with Gasteiger partial charge in [-0.25, -0.2) is 4.98 Å². The zero-order valence-electron chi connectivity index (χ0n) is 43.5. The summed E-state index contributed by atoms with van der Waals surface area (Å²) in [6.45, 7) is 1.07. The summed E-state index contributed by atoms with van der Waals surface area (Å²) in [7, 11) is 0. The molecule has 272 valence electrons. The van der Waals surface area contributed by atoms with Crippen molar-refractivity contribution in [1.82, 2.24) is 23.7 Å². The summed E-state index contributed by atoms with van der Waals surface area (Å²) < 4.78 is 122. The molecule has 0 bridgehead atoms. The van der Waals surface area contributed by atoms with Crippen LogP contribution in [0.15, 0.2) is 109 Å². The van der Waals surface area contributed by atoms with Crippen LogP contribution in [0.4, 0.5) is 22.7 Å². The Morgan fingerprint density at radius 3 is 2.15 bits per heavy atom. The van der Waals surface area contributed by atoms with Crippen molar-refractivity contribution in [1.29, 1.82) is 0 Å². The molecule has 0 atom stereocenters. The monoisotopic (exact) mass is 903 g/mol. The third-order valence-corrected chi connectivity index (χ3v) is 9.22. The zero-order valence-corrected chi connectivity index (χ0v) is 32.8. The molecule has 0 aliphatic carbocycles.